The Balaban J connectivity index is 1.48. The Bertz CT molecular complexity index is 1040. The predicted octanol–water partition coefficient (Wildman–Crippen LogP) is 3.07. The van der Waals surface area contributed by atoms with Gasteiger partial charge < -0.3 is 15.2 Å². The Labute approximate surface area is 186 Å². The zero-order chi connectivity index (χ0) is 22.2. The van der Waals surface area contributed by atoms with Gasteiger partial charge in [-0.3, -0.25) is 9.59 Å². The molecule has 8 heteroatoms. The summed E-state index contributed by atoms with van der Waals surface area (Å²) in [4.78, 5) is 24.6. The SMILES string of the molecule is Cc1cccc(C(=O)N[C@@H](C)c2nnc(SCC(=O)NCCc3ccccc3)n2C)c1. The third kappa shape index (κ3) is 6.42. The topological polar surface area (TPSA) is 88.9 Å². The Morgan fingerprint density at radius 3 is 2.61 bits per heavy atom. The van der Waals surface area contributed by atoms with E-state index in [9.17, 15) is 9.59 Å². The van der Waals surface area contributed by atoms with Crippen LogP contribution in [-0.4, -0.2) is 38.9 Å². The highest BCUT2D eigenvalue weighted by atomic mass is 32.2. The quantitative estimate of drug-likeness (QED) is 0.502. The molecule has 2 amide bonds. The summed E-state index contributed by atoms with van der Waals surface area (Å²) in [5, 5.41) is 14.9. The second-order valence-corrected chi connectivity index (χ2v) is 8.28. The molecule has 0 saturated heterocycles. The molecule has 31 heavy (non-hydrogen) atoms. The molecule has 0 radical (unpaired) electrons. The first kappa shape index (κ1) is 22.6. The number of aryl methyl sites for hydroxylation is 1. The van der Waals surface area contributed by atoms with Crippen LogP contribution >= 0.6 is 11.8 Å². The first-order valence-corrected chi connectivity index (χ1v) is 11.1. The molecule has 1 atom stereocenters. The van der Waals surface area contributed by atoms with Gasteiger partial charge in [0.1, 0.15) is 0 Å². The minimum Gasteiger partial charge on any atom is -0.355 e. The van der Waals surface area contributed by atoms with Gasteiger partial charge in [-0.2, -0.15) is 0 Å². The lowest BCUT2D eigenvalue weighted by atomic mass is 10.1. The van der Waals surface area contributed by atoms with Crippen LogP contribution in [0.4, 0.5) is 0 Å². The molecule has 0 aliphatic carbocycles. The van der Waals surface area contributed by atoms with Crippen molar-refractivity contribution in [1.29, 1.82) is 0 Å². The zero-order valence-electron chi connectivity index (χ0n) is 18.0. The first-order valence-electron chi connectivity index (χ1n) is 10.1. The van der Waals surface area contributed by atoms with Crippen LogP contribution in [0.3, 0.4) is 0 Å². The fourth-order valence-corrected chi connectivity index (χ4v) is 3.88. The number of aromatic nitrogens is 3. The molecule has 0 fully saturated rings. The molecule has 0 saturated carbocycles. The highest BCUT2D eigenvalue weighted by molar-refractivity contribution is 7.99. The summed E-state index contributed by atoms with van der Waals surface area (Å²) < 4.78 is 1.81. The van der Waals surface area contributed by atoms with Gasteiger partial charge in [-0.25, -0.2) is 0 Å². The lowest BCUT2D eigenvalue weighted by Crippen LogP contribution is -2.28. The Hall–Kier alpha value is -3.13. The second-order valence-electron chi connectivity index (χ2n) is 7.34. The summed E-state index contributed by atoms with van der Waals surface area (Å²) in [6.07, 6.45) is 0.795. The summed E-state index contributed by atoms with van der Waals surface area (Å²) in [5.41, 5.74) is 2.82. The van der Waals surface area contributed by atoms with Gasteiger partial charge in [0.25, 0.3) is 5.91 Å². The molecule has 0 aliphatic rings. The van der Waals surface area contributed by atoms with Crippen molar-refractivity contribution in [1.82, 2.24) is 25.4 Å². The van der Waals surface area contributed by atoms with Crippen LogP contribution in [-0.2, 0) is 18.3 Å². The molecule has 0 aliphatic heterocycles. The number of hydrogen-bond acceptors (Lipinski definition) is 5. The molecular weight excluding hydrogens is 410 g/mol. The second kappa shape index (κ2) is 10.8. The number of carbonyl (C=O) groups is 2. The number of benzene rings is 2. The lowest BCUT2D eigenvalue weighted by Gasteiger charge is -2.14. The Morgan fingerprint density at radius 2 is 1.87 bits per heavy atom. The molecule has 1 aromatic heterocycles. The zero-order valence-corrected chi connectivity index (χ0v) is 18.8. The summed E-state index contributed by atoms with van der Waals surface area (Å²) in [6.45, 7) is 4.40. The number of rotatable bonds is 9. The number of hydrogen-bond donors (Lipinski definition) is 2. The van der Waals surface area contributed by atoms with E-state index < -0.39 is 0 Å². The van der Waals surface area contributed by atoms with Gasteiger partial charge in [0.05, 0.1) is 11.8 Å². The first-order chi connectivity index (χ1) is 14.9. The van der Waals surface area contributed by atoms with Gasteiger partial charge in [-0.05, 0) is 38.0 Å². The van der Waals surface area contributed by atoms with Crippen molar-refractivity contribution in [3.63, 3.8) is 0 Å². The molecular formula is C23H27N5O2S. The van der Waals surface area contributed by atoms with Crippen LogP contribution in [0.2, 0.25) is 0 Å². The lowest BCUT2D eigenvalue weighted by molar-refractivity contribution is -0.118. The van der Waals surface area contributed by atoms with Crippen molar-refractivity contribution >= 4 is 23.6 Å². The average molecular weight is 438 g/mol. The predicted molar refractivity (Wildman–Crippen MR) is 122 cm³/mol. The van der Waals surface area contributed by atoms with Crippen LogP contribution in [0.15, 0.2) is 59.8 Å². The smallest absolute Gasteiger partial charge is 0.251 e. The van der Waals surface area contributed by atoms with E-state index in [0.29, 0.717) is 23.1 Å². The number of thioether (sulfide) groups is 1. The molecule has 3 rings (SSSR count). The molecule has 0 unspecified atom stereocenters. The molecule has 162 valence electrons. The molecule has 2 aromatic carbocycles. The van der Waals surface area contributed by atoms with E-state index in [4.69, 9.17) is 0 Å². The highest BCUT2D eigenvalue weighted by Crippen LogP contribution is 2.19. The summed E-state index contributed by atoms with van der Waals surface area (Å²) >= 11 is 1.32. The standard InChI is InChI=1S/C23H27N5O2S/c1-16-8-7-11-19(14-16)22(30)25-17(2)21-26-27-23(28(21)3)31-15-20(29)24-13-12-18-9-5-4-6-10-18/h4-11,14,17H,12-13,15H2,1-3H3,(H,24,29)(H,25,30)/t17-/m0/s1. The van der Waals surface area contributed by atoms with E-state index in [2.05, 4.69) is 20.8 Å². The van der Waals surface area contributed by atoms with Gasteiger partial charge >= 0.3 is 0 Å². The van der Waals surface area contributed by atoms with Gasteiger partial charge in [0, 0.05) is 19.2 Å². The molecule has 7 nitrogen and oxygen atoms in total. The van der Waals surface area contributed by atoms with E-state index in [1.165, 1.54) is 17.3 Å². The minimum absolute atomic E-state index is 0.0497. The largest absolute Gasteiger partial charge is 0.355 e. The average Bonchev–Trinajstić information content (AvgIpc) is 3.13. The van der Waals surface area contributed by atoms with E-state index >= 15 is 0 Å². The van der Waals surface area contributed by atoms with Crippen molar-refractivity contribution in [2.75, 3.05) is 12.3 Å². The van der Waals surface area contributed by atoms with E-state index in [0.717, 1.165) is 12.0 Å². The fraction of sp³-hybridized carbons (Fsp3) is 0.304. The van der Waals surface area contributed by atoms with Gasteiger partial charge in [-0.15, -0.1) is 10.2 Å². The van der Waals surface area contributed by atoms with Crippen LogP contribution in [0.1, 0.15) is 40.3 Å². The van der Waals surface area contributed by atoms with Crippen LogP contribution < -0.4 is 10.6 Å². The van der Waals surface area contributed by atoms with Gasteiger partial charge in [0.15, 0.2) is 11.0 Å². The number of amides is 2. The third-order valence-corrected chi connectivity index (χ3v) is 5.82. The van der Waals surface area contributed by atoms with Crippen LogP contribution in [0.25, 0.3) is 0 Å². The number of nitrogens with one attached hydrogen (secondary N) is 2. The highest BCUT2D eigenvalue weighted by Gasteiger charge is 2.19. The molecule has 0 spiro atoms. The number of carbonyl (C=O) groups excluding carboxylic acids is 2. The van der Waals surface area contributed by atoms with Gasteiger partial charge in [-0.1, -0.05) is 59.8 Å². The molecule has 2 N–H and O–H groups in total. The minimum atomic E-state index is -0.320. The Kier molecular flexibility index (Phi) is 7.83. The maximum absolute atomic E-state index is 12.5. The maximum atomic E-state index is 12.5. The molecule has 1 heterocycles. The fourth-order valence-electron chi connectivity index (χ4n) is 3.13. The van der Waals surface area contributed by atoms with Gasteiger partial charge in [0.2, 0.25) is 5.91 Å². The van der Waals surface area contributed by atoms with Crippen molar-refractivity contribution in [2.45, 2.75) is 31.5 Å². The Morgan fingerprint density at radius 1 is 1.10 bits per heavy atom. The van der Waals surface area contributed by atoms with Crippen molar-refractivity contribution in [3.8, 4) is 0 Å². The monoisotopic (exact) mass is 437 g/mol. The van der Waals surface area contributed by atoms with E-state index in [1.807, 2.05) is 74.0 Å². The summed E-state index contributed by atoms with van der Waals surface area (Å²) in [5.74, 6) is 0.676. The maximum Gasteiger partial charge on any atom is 0.251 e. The number of nitrogens with zero attached hydrogens (tertiary/aromatic N) is 3. The van der Waals surface area contributed by atoms with Crippen molar-refractivity contribution < 1.29 is 9.59 Å². The van der Waals surface area contributed by atoms with Crippen molar-refractivity contribution in [3.05, 3.63) is 77.1 Å². The van der Waals surface area contributed by atoms with E-state index in [1.54, 1.807) is 6.07 Å². The molecule has 3 aromatic rings. The summed E-state index contributed by atoms with van der Waals surface area (Å²) in [7, 11) is 1.83. The van der Waals surface area contributed by atoms with Crippen molar-refractivity contribution in [2.24, 2.45) is 7.05 Å². The van der Waals surface area contributed by atoms with Crippen LogP contribution in [0.5, 0.6) is 0 Å². The van der Waals surface area contributed by atoms with Crippen LogP contribution in [0, 0.1) is 6.92 Å². The third-order valence-electron chi connectivity index (χ3n) is 4.79. The molecule has 0 bridgehead atoms. The van der Waals surface area contributed by atoms with E-state index in [-0.39, 0.29) is 23.6 Å². The normalized spacial score (nSPS) is 11.7. The summed E-state index contributed by atoms with van der Waals surface area (Å²) in [6, 6.07) is 17.1.